The van der Waals surface area contributed by atoms with Gasteiger partial charge in [-0.15, -0.1) is 11.3 Å². The summed E-state index contributed by atoms with van der Waals surface area (Å²) in [4.78, 5) is 6.39. The largest absolute Gasteiger partial charge is 0.366 e. The van der Waals surface area contributed by atoms with Gasteiger partial charge in [-0.1, -0.05) is 19.1 Å². The third-order valence-electron chi connectivity index (χ3n) is 3.44. The molecule has 1 aromatic carbocycles. The Kier molecular flexibility index (Phi) is 5.31. The minimum Gasteiger partial charge on any atom is -0.366 e. The third-order valence-corrected chi connectivity index (χ3v) is 4.26. The molecule has 0 bridgehead atoms. The Hall–Kier alpha value is -1.46. The van der Waals surface area contributed by atoms with Crippen molar-refractivity contribution in [3.63, 3.8) is 0 Å². The Bertz CT molecular complexity index is 597. The van der Waals surface area contributed by atoms with Crippen LogP contribution in [-0.2, 0) is 6.54 Å². The molecule has 21 heavy (non-hydrogen) atoms. The van der Waals surface area contributed by atoms with Crippen LogP contribution in [-0.4, -0.2) is 18.6 Å². The van der Waals surface area contributed by atoms with Gasteiger partial charge in [0.1, 0.15) is 5.82 Å². The highest BCUT2D eigenvalue weighted by molar-refractivity contribution is 7.09. The summed E-state index contributed by atoms with van der Waals surface area (Å²) in [5.41, 5.74) is 2.60. The Labute approximate surface area is 129 Å². The molecule has 3 nitrogen and oxygen atoms in total. The summed E-state index contributed by atoms with van der Waals surface area (Å²) in [6.45, 7) is 7.55. The zero-order chi connectivity index (χ0) is 15.4. The summed E-state index contributed by atoms with van der Waals surface area (Å²) >= 11 is 1.62. The fourth-order valence-electron chi connectivity index (χ4n) is 2.50. The number of hydrogen-bond donors (Lipinski definition) is 1. The van der Waals surface area contributed by atoms with Crippen LogP contribution in [0.15, 0.2) is 23.6 Å². The Morgan fingerprint density at radius 1 is 1.43 bits per heavy atom. The number of thiazole rings is 1. The van der Waals surface area contributed by atoms with Crippen LogP contribution >= 0.6 is 11.3 Å². The number of aromatic nitrogens is 1. The maximum atomic E-state index is 14.3. The van der Waals surface area contributed by atoms with Crippen molar-refractivity contribution in [3.8, 4) is 0 Å². The smallest absolute Gasteiger partial charge is 0.146 e. The Morgan fingerprint density at radius 2 is 2.19 bits per heavy atom. The van der Waals surface area contributed by atoms with Crippen molar-refractivity contribution in [2.75, 3.05) is 18.5 Å². The molecule has 0 saturated carbocycles. The minimum absolute atomic E-state index is 0.111. The zero-order valence-electron chi connectivity index (χ0n) is 13.0. The van der Waals surface area contributed by atoms with E-state index < -0.39 is 0 Å². The predicted molar refractivity (Wildman–Crippen MR) is 87.4 cm³/mol. The van der Waals surface area contributed by atoms with Gasteiger partial charge in [0.15, 0.2) is 0 Å². The summed E-state index contributed by atoms with van der Waals surface area (Å²) in [6, 6.07) is 5.37. The maximum absolute atomic E-state index is 14.3. The Balaban J connectivity index is 2.28. The second-order valence-corrected chi connectivity index (χ2v) is 6.23. The van der Waals surface area contributed by atoms with Crippen molar-refractivity contribution >= 4 is 17.0 Å². The lowest BCUT2D eigenvalue weighted by molar-refractivity contribution is 0.579. The van der Waals surface area contributed by atoms with Crippen LogP contribution in [0.3, 0.4) is 0 Å². The lowest BCUT2D eigenvalue weighted by Crippen LogP contribution is -2.24. The van der Waals surface area contributed by atoms with E-state index in [-0.39, 0.29) is 11.9 Å². The zero-order valence-corrected chi connectivity index (χ0v) is 13.8. The van der Waals surface area contributed by atoms with Crippen LogP contribution in [0, 0.1) is 12.7 Å². The quantitative estimate of drug-likeness (QED) is 0.877. The van der Waals surface area contributed by atoms with Gasteiger partial charge >= 0.3 is 0 Å². The lowest BCUT2D eigenvalue weighted by atomic mass is 10.0. The van der Waals surface area contributed by atoms with Gasteiger partial charge in [-0.25, -0.2) is 9.37 Å². The molecule has 5 heteroatoms. The van der Waals surface area contributed by atoms with Gasteiger partial charge in [0.2, 0.25) is 0 Å². The van der Waals surface area contributed by atoms with Crippen LogP contribution < -0.4 is 10.2 Å². The molecule has 2 aromatic rings. The highest BCUT2D eigenvalue weighted by Gasteiger charge is 2.17. The van der Waals surface area contributed by atoms with E-state index in [2.05, 4.69) is 24.1 Å². The van der Waals surface area contributed by atoms with E-state index in [0.29, 0.717) is 12.2 Å². The molecule has 0 aliphatic rings. The number of para-hydroxylation sites is 1. The standard InChI is InChI=1S/C16H22FN3S/c1-5-18-11(2)14-7-6-8-15(17)16(14)20(4)9-13-10-21-12(3)19-13/h6-8,10-11,18H,5,9H2,1-4H3. The van der Waals surface area contributed by atoms with E-state index in [4.69, 9.17) is 0 Å². The van der Waals surface area contributed by atoms with Crippen molar-refractivity contribution in [1.82, 2.24) is 10.3 Å². The second kappa shape index (κ2) is 7.00. The monoisotopic (exact) mass is 307 g/mol. The number of benzene rings is 1. The number of anilines is 1. The molecule has 1 heterocycles. The number of nitrogens with one attached hydrogen (secondary N) is 1. The highest BCUT2D eigenvalue weighted by atomic mass is 32.1. The van der Waals surface area contributed by atoms with E-state index in [1.807, 2.05) is 30.3 Å². The first-order valence-electron chi connectivity index (χ1n) is 7.16. The van der Waals surface area contributed by atoms with Crippen molar-refractivity contribution in [3.05, 3.63) is 45.7 Å². The van der Waals surface area contributed by atoms with Crippen LogP contribution in [0.2, 0.25) is 0 Å². The fraction of sp³-hybridized carbons (Fsp3) is 0.438. The molecule has 0 aliphatic carbocycles. The molecule has 114 valence electrons. The normalized spacial score (nSPS) is 12.4. The minimum atomic E-state index is -0.188. The number of nitrogens with zero attached hydrogens (tertiary/aromatic N) is 2. The van der Waals surface area contributed by atoms with E-state index in [0.717, 1.165) is 22.8 Å². The first-order valence-corrected chi connectivity index (χ1v) is 8.04. The van der Waals surface area contributed by atoms with Gasteiger partial charge in [-0.2, -0.15) is 0 Å². The average Bonchev–Trinajstić information content (AvgIpc) is 2.83. The molecule has 0 saturated heterocycles. The molecular weight excluding hydrogens is 285 g/mol. The Morgan fingerprint density at radius 3 is 2.81 bits per heavy atom. The summed E-state index contributed by atoms with van der Waals surface area (Å²) < 4.78 is 14.3. The molecule has 1 N–H and O–H groups in total. The number of rotatable bonds is 6. The summed E-state index contributed by atoms with van der Waals surface area (Å²) in [6.07, 6.45) is 0. The van der Waals surface area contributed by atoms with E-state index in [1.165, 1.54) is 6.07 Å². The van der Waals surface area contributed by atoms with Gasteiger partial charge in [0.25, 0.3) is 0 Å². The lowest BCUT2D eigenvalue weighted by Gasteiger charge is -2.25. The van der Waals surface area contributed by atoms with Crippen LogP contribution in [0.5, 0.6) is 0 Å². The molecule has 2 rings (SSSR count). The van der Waals surface area contributed by atoms with Gasteiger partial charge in [0, 0.05) is 18.5 Å². The van der Waals surface area contributed by atoms with Crippen LogP contribution in [0.4, 0.5) is 10.1 Å². The summed E-state index contributed by atoms with van der Waals surface area (Å²) in [5.74, 6) is -0.188. The van der Waals surface area contributed by atoms with Crippen molar-refractivity contribution in [1.29, 1.82) is 0 Å². The van der Waals surface area contributed by atoms with Crippen molar-refractivity contribution in [2.45, 2.75) is 33.4 Å². The molecule has 1 aromatic heterocycles. The highest BCUT2D eigenvalue weighted by Crippen LogP contribution is 2.29. The van der Waals surface area contributed by atoms with Gasteiger partial charge in [0.05, 0.1) is 22.9 Å². The van der Waals surface area contributed by atoms with E-state index in [1.54, 1.807) is 17.4 Å². The van der Waals surface area contributed by atoms with Crippen LogP contribution in [0.1, 0.15) is 36.2 Å². The van der Waals surface area contributed by atoms with Gasteiger partial charge in [-0.3, -0.25) is 0 Å². The second-order valence-electron chi connectivity index (χ2n) is 5.17. The van der Waals surface area contributed by atoms with Gasteiger partial charge in [-0.05, 0) is 32.0 Å². The molecule has 1 unspecified atom stereocenters. The number of aryl methyl sites for hydroxylation is 1. The average molecular weight is 307 g/mol. The van der Waals surface area contributed by atoms with Gasteiger partial charge < -0.3 is 10.2 Å². The number of halogens is 1. The topological polar surface area (TPSA) is 28.2 Å². The molecule has 0 aliphatic heterocycles. The summed E-state index contributed by atoms with van der Waals surface area (Å²) in [7, 11) is 1.91. The van der Waals surface area contributed by atoms with Crippen molar-refractivity contribution in [2.24, 2.45) is 0 Å². The third kappa shape index (κ3) is 3.80. The molecule has 0 amide bonds. The summed E-state index contributed by atoms with van der Waals surface area (Å²) in [5, 5.41) is 6.41. The first-order chi connectivity index (χ1) is 10.0. The van der Waals surface area contributed by atoms with E-state index in [9.17, 15) is 4.39 Å². The van der Waals surface area contributed by atoms with Crippen LogP contribution in [0.25, 0.3) is 0 Å². The predicted octanol–water partition coefficient (Wildman–Crippen LogP) is 3.90. The number of hydrogen-bond acceptors (Lipinski definition) is 4. The van der Waals surface area contributed by atoms with E-state index >= 15 is 0 Å². The molecule has 1 atom stereocenters. The molecular formula is C16H22FN3S. The first kappa shape index (κ1) is 15.9. The molecule has 0 fully saturated rings. The van der Waals surface area contributed by atoms with Crippen molar-refractivity contribution < 1.29 is 4.39 Å². The molecule has 0 spiro atoms. The molecule has 0 radical (unpaired) electrons. The SMILES string of the molecule is CCNC(C)c1cccc(F)c1N(C)Cc1csc(C)n1. The fourth-order valence-corrected chi connectivity index (χ4v) is 3.11. The maximum Gasteiger partial charge on any atom is 0.146 e.